The lowest BCUT2D eigenvalue weighted by Gasteiger charge is -2.22. The van der Waals surface area contributed by atoms with Crippen molar-refractivity contribution in [3.8, 4) is 22.1 Å². The Labute approximate surface area is 220 Å². The van der Waals surface area contributed by atoms with Gasteiger partial charge in [0, 0.05) is 29.0 Å². The number of methoxy groups -OCH3 is 1. The highest BCUT2D eigenvalue weighted by molar-refractivity contribution is 7.22. The minimum Gasteiger partial charge on any atom is -0.495 e. The maximum absolute atomic E-state index is 15.1. The minimum atomic E-state index is -1.17. The molecule has 0 radical (unpaired) electrons. The summed E-state index contributed by atoms with van der Waals surface area (Å²) in [4.78, 5) is 30.6. The van der Waals surface area contributed by atoms with Crippen LogP contribution < -0.4 is 14.4 Å². The second-order valence-corrected chi connectivity index (χ2v) is 10.1. The van der Waals surface area contributed by atoms with Crippen molar-refractivity contribution >= 4 is 44.2 Å². The van der Waals surface area contributed by atoms with Gasteiger partial charge in [0.25, 0.3) is 0 Å². The maximum atomic E-state index is 15.1. The summed E-state index contributed by atoms with van der Waals surface area (Å²) in [5.74, 6) is 0.809. The molecule has 0 spiro atoms. The van der Waals surface area contributed by atoms with Gasteiger partial charge in [-0.15, -0.1) is 11.3 Å². The van der Waals surface area contributed by atoms with Gasteiger partial charge in [0.1, 0.15) is 22.7 Å². The van der Waals surface area contributed by atoms with Crippen LogP contribution >= 0.6 is 11.3 Å². The Balaban J connectivity index is 1.37. The molecule has 2 aromatic carbocycles. The summed E-state index contributed by atoms with van der Waals surface area (Å²) in [5.41, 5.74) is 4.20. The smallest absolute Gasteiger partial charge is 0.412 e. The largest absolute Gasteiger partial charge is 0.495 e. The van der Waals surface area contributed by atoms with Crippen LogP contribution in [0.2, 0.25) is 0 Å². The van der Waals surface area contributed by atoms with Crippen LogP contribution in [0.5, 0.6) is 11.5 Å². The van der Waals surface area contributed by atoms with Gasteiger partial charge in [-0.05, 0) is 37.6 Å². The number of fused-ring (bicyclic) bond motifs is 4. The van der Waals surface area contributed by atoms with E-state index in [0.29, 0.717) is 39.8 Å². The number of carboxylic acid groups (broad SMARTS) is 1. The molecule has 0 aliphatic carbocycles. The van der Waals surface area contributed by atoms with E-state index in [9.17, 15) is 9.90 Å². The lowest BCUT2D eigenvalue weighted by molar-refractivity contribution is 0.190. The van der Waals surface area contributed by atoms with Crippen LogP contribution in [-0.2, 0) is 6.42 Å². The zero-order chi connectivity index (χ0) is 26.6. The van der Waals surface area contributed by atoms with E-state index < -0.39 is 18.0 Å². The number of thiazole rings is 1. The predicted molar refractivity (Wildman–Crippen MR) is 142 cm³/mol. The number of amides is 1. The van der Waals surface area contributed by atoms with Gasteiger partial charge >= 0.3 is 6.09 Å². The molecular weight excluding hydrogens is 509 g/mol. The minimum absolute atomic E-state index is 0.00268. The number of hydrogen-bond donors (Lipinski definition) is 1. The van der Waals surface area contributed by atoms with Gasteiger partial charge in [0.05, 0.1) is 53.7 Å². The van der Waals surface area contributed by atoms with E-state index in [1.165, 1.54) is 29.8 Å². The molecule has 0 saturated carbocycles. The molecule has 1 N–H and O–H groups in total. The summed E-state index contributed by atoms with van der Waals surface area (Å²) < 4.78 is 27.2. The second-order valence-electron chi connectivity index (χ2n) is 9.12. The highest BCUT2D eigenvalue weighted by atomic mass is 32.1. The number of nitrogens with zero attached hydrogens (tertiary/aromatic N) is 5. The maximum Gasteiger partial charge on any atom is 0.412 e. The van der Waals surface area contributed by atoms with Crippen molar-refractivity contribution in [2.45, 2.75) is 26.4 Å². The Bertz CT molecular complexity index is 1720. The molecule has 9 nitrogen and oxygen atoms in total. The number of aromatic nitrogens is 4. The van der Waals surface area contributed by atoms with E-state index in [4.69, 9.17) is 14.5 Å². The van der Waals surface area contributed by atoms with E-state index in [1.807, 2.05) is 25.1 Å². The standard InChI is InChI=1S/C27H22FN5O4S/c1-13-4-15-6-17(36-3)11-31-23(15)19(5-13)26-32-22-8-21(28)24-20(25(22)38-26)7-18(37-24)12-33(27(34)35)16-9-29-14(2)30-10-16/h4-6,8-11,18H,7,12H2,1-3H3,(H,34,35). The number of halogens is 1. The fraction of sp³-hybridized carbons (Fsp3) is 0.222. The van der Waals surface area contributed by atoms with Crippen LogP contribution in [0, 0.1) is 19.7 Å². The molecule has 1 atom stereocenters. The average Bonchev–Trinajstić information content (AvgIpc) is 3.51. The van der Waals surface area contributed by atoms with Crippen molar-refractivity contribution in [1.82, 2.24) is 19.9 Å². The van der Waals surface area contributed by atoms with Gasteiger partial charge in [-0.3, -0.25) is 9.88 Å². The molecule has 0 saturated heterocycles. The fourth-order valence-corrected chi connectivity index (χ4v) is 5.83. The van der Waals surface area contributed by atoms with Gasteiger partial charge in [-0.1, -0.05) is 0 Å². The van der Waals surface area contributed by atoms with Crippen molar-refractivity contribution in [1.29, 1.82) is 0 Å². The zero-order valence-electron chi connectivity index (χ0n) is 20.7. The third-order valence-corrected chi connectivity index (χ3v) is 7.63. The van der Waals surface area contributed by atoms with Gasteiger partial charge in [-0.25, -0.2) is 24.1 Å². The molecule has 1 amide bonds. The van der Waals surface area contributed by atoms with Crippen LogP contribution in [0.1, 0.15) is 17.0 Å². The van der Waals surface area contributed by atoms with Crippen molar-refractivity contribution < 1.29 is 23.8 Å². The molecule has 1 unspecified atom stereocenters. The summed E-state index contributed by atoms with van der Waals surface area (Å²) in [5, 5.41) is 11.4. The number of hydrogen-bond acceptors (Lipinski definition) is 8. The monoisotopic (exact) mass is 531 g/mol. The highest BCUT2D eigenvalue weighted by Gasteiger charge is 2.33. The lowest BCUT2D eigenvalue weighted by Crippen LogP contribution is -2.38. The van der Waals surface area contributed by atoms with Crippen molar-refractivity contribution in [3.05, 3.63) is 65.6 Å². The number of aryl methyl sites for hydroxylation is 2. The van der Waals surface area contributed by atoms with Crippen LogP contribution in [0.15, 0.2) is 42.9 Å². The Kier molecular flexibility index (Phi) is 5.79. The SMILES string of the molecule is COc1cnc2c(-c3nc4cc(F)c5c(c4s3)CC(CN(C(=O)O)c3cnc(C)nc3)O5)cc(C)cc2c1. The van der Waals surface area contributed by atoms with Crippen LogP contribution in [0.3, 0.4) is 0 Å². The van der Waals surface area contributed by atoms with Gasteiger partial charge in [0.15, 0.2) is 11.6 Å². The molecule has 1 aliphatic rings. The number of pyridine rings is 1. The van der Waals surface area contributed by atoms with Crippen molar-refractivity contribution in [2.24, 2.45) is 0 Å². The van der Waals surface area contributed by atoms with E-state index in [-0.39, 0.29) is 12.3 Å². The molecular formula is C27H22FN5O4S. The van der Waals surface area contributed by atoms with Crippen molar-refractivity contribution in [3.63, 3.8) is 0 Å². The molecule has 1 aliphatic heterocycles. The second kappa shape index (κ2) is 9.18. The average molecular weight is 532 g/mol. The van der Waals surface area contributed by atoms with E-state index in [1.54, 1.807) is 20.2 Å². The molecule has 0 fully saturated rings. The molecule has 3 aromatic heterocycles. The number of ether oxygens (including phenoxy) is 2. The van der Waals surface area contributed by atoms with Gasteiger partial charge in [-0.2, -0.15) is 0 Å². The van der Waals surface area contributed by atoms with Crippen LogP contribution in [0.4, 0.5) is 14.9 Å². The molecule has 0 bridgehead atoms. The summed E-state index contributed by atoms with van der Waals surface area (Å²) >= 11 is 1.44. The Morgan fingerprint density at radius 1 is 1.18 bits per heavy atom. The summed E-state index contributed by atoms with van der Waals surface area (Å²) in [6, 6.07) is 7.34. The third-order valence-electron chi connectivity index (χ3n) is 6.46. The number of rotatable bonds is 5. The first-order chi connectivity index (χ1) is 18.3. The highest BCUT2D eigenvalue weighted by Crippen LogP contribution is 2.43. The summed E-state index contributed by atoms with van der Waals surface area (Å²) in [6.07, 6.45) is 3.15. The molecule has 38 heavy (non-hydrogen) atoms. The lowest BCUT2D eigenvalue weighted by atomic mass is 10.1. The predicted octanol–water partition coefficient (Wildman–Crippen LogP) is 5.55. The van der Waals surface area contributed by atoms with Crippen molar-refractivity contribution in [2.75, 3.05) is 18.6 Å². The van der Waals surface area contributed by atoms with Gasteiger partial charge < -0.3 is 14.6 Å². The van der Waals surface area contributed by atoms with E-state index in [0.717, 1.165) is 31.6 Å². The van der Waals surface area contributed by atoms with E-state index >= 15 is 4.39 Å². The zero-order valence-corrected chi connectivity index (χ0v) is 21.5. The molecule has 192 valence electrons. The first-order valence-corrected chi connectivity index (χ1v) is 12.6. The third kappa shape index (κ3) is 4.14. The summed E-state index contributed by atoms with van der Waals surface area (Å²) in [7, 11) is 1.60. The first-order valence-electron chi connectivity index (χ1n) is 11.8. The fourth-order valence-electron chi connectivity index (χ4n) is 4.72. The van der Waals surface area contributed by atoms with Crippen LogP contribution in [-0.4, -0.2) is 50.9 Å². The summed E-state index contributed by atoms with van der Waals surface area (Å²) in [6.45, 7) is 3.71. The number of anilines is 1. The van der Waals surface area contributed by atoms with Gasteiger partial charge in [0.2, 0.25) is 0 Å². The Morgan fingerprint density at radius 2 is 1.97 bits per heavy atom. The number of benzene rings is 2. The molecule has 11 heteroatoms. The molecule has 6 rings (SSSR count). The van der Waals surface area contributed by atoms with E-state index in [2.05, 4.69) is 15.0 Å². The first kappa shape index (κ1) is 24.0. The Morgan fingerprint density at radius 3 is 2.71 bits per heavy atom. The molecule has 5 aromatic rings. The normalized spacial score (nSPS) is 14.5. The quantitative estimate of drug-likeness (QED) is 0.314. The topological polar surface area (TPSA) is 111 Å². The number of carbonyl (C=O) groups is 1. The van der Waals surface area contributed by atoms with Crippen LogP contribution in [0.25, 0.3) is 31.7 Å². The Hall–Kier alpha value is -4.38. The molecule has 4 heterocycles.